The fourth-order valence-corrected chi connectivity index (χ4v) is 4.06. The number of nitrogens with zero attached hydrogens (tertiary/aromatic N) is 2. The number of aromatic nitrogens is 2. The Balaban J connectivity index is 1.63. The molecule has 0 radical (unpaired) electrons. The molecule has 0 fully saturated rings. The number of rotatable bonds is 6. The normalized spacial score (nSPS) is 11.0. The smallest absolute Gasteiger partial charge is 0.251 e. The molecule has 0 bridgehead atoms. The van der Waals surface area contributed by atoms with Crippen LogP contribution in [0.25, 0.3) is 11.0 Å². The van der Waals surface area contributed by atoms with Gasteiger partial charge in [0.2, 0.25) is 0 Å². The lowest BCUT2D eigenvalue weighted by atomic mass is 9.99. The molecular weight excluding hydrogens is 386 g/mol. The second-order valence-corrected chi connectivity index (χ2v) is 7.89. The molecule has 158 valence electrons. The average molecular weight is 414 g/mol. The number of carbonyl (C=O) groups is 1. The largest absolute Gasteiger partial charge is 0.497 e. The molecule has 4 rings (SSSR count). The molecule has 1 amide bonds. The summed E-state index contributed by atoms with van der Waals surface area (Å²) < 4.78 is 7.37. The number of nitrogens with one attached hydrogen (secondary N) is 1. The third-order valence-corrected chi connectivity index (χ3v) is 5.65. The van der Waals surface area contributed by atoms with E-state index in [9.17, 15) is 4.79 Å². The number of imidazole rings is 1. The summed E-state index contributed by atoms with van der Waals surface area (Å²) >= 11 is 0. The zero-order chi connectivity index (χ0) is 22.0. The van der Waals surface area contributed by atoms with Crippen LogP contribution in [-0.4, -0.2) is 22.6 Å². The van der Waals surface area contributed by atoms with E-state index in [0.29, 0.717) is 18.7 Å². The zero-order valence-electron chi connectivity index (χ0n) is 18.4. The highest BCUT2D eigenvalue weighted by atomic mass is 16.5. The van der Waals surface area contributed by atoms with Crippen molar-refractivity contribution in [2.24, 2.45) is 0 Å². The molecule has 0 aliphatic carbocycles. The van der Waals surface area contributed by atoms with Crippen LogP contribution in [0.3, 0.4) is 0 Å². The van der Waals surface area contributed by atoms with E-state index in [2.05, 4.69) is 48.9 Å². The number of ether oxygens (including phenoxy) is 1. The zero-order valence-corrected chi connectivity index (χ0v) is 18.4. The molecule has 0 aliphatic rings. The van der Waals surface area contributed by atoms with Gasteiger partial charge in [-0.3, -0.25) is 4.79 Å². The first kappa shape index (κ1) is 20.7. The van der Waals surface area contributed by atoms with Crippen molar-refractivity contribution in [3.05, 3.63) is 94.3 Å². The topological polar surface area (TPSA) is 56.1 Å². The van der Waals surface area contributed by atoms with Gasteiger partial charge in [0.1, 0.15) is 11.6 Å². The van der Waals surface area contributed by atoms with Gasteiger partial charge in [-0.25, -0.2) is 4.98 Å². The van der Waals surface area contributed by atoms with Gasteiger partial charge in [-0.1, -0.05) is 29.8 Å². The van der Waals surface area contributed by atoms with Crippen LogP contribution in [0, 0.1) is 20.8 Å². The standard InChI is InChI=1S/C26H27N3O2/c1-17-13-18(2)22(19(3)14-17)16-29-24-8-6-5-7-23(24)28-25(29)15-27-26(30)20-9-11-21(31-4)12-10-20/h5-14H,15-16H2,1-4H3,(H,27,30). The molecule has 0 aliphatic heterocycles. The molecule has 3 aromatic carbocycles. The van der Waals surface area contributed by atoms with E-state index in [1.807, 2.05) is 18.2 Å². The van der Waals surface area contributed by atoms with Crippen LogP contribution in [0.1, 0.15) is 38.4 Å². The number of methoxy groups -OCH3 is 1. The van der Waals surface area contributed by atoms with Gasteiger partial charge in [-0.05, 0) is 73.9 Å². The highest BCUT2D eigenvalue weighted by molar-refractivity contribution is 5.94. The van der Waals surface area contributed by atoms with Crippen molar-refractivity contribution in [2.45, 2.75) is 33.9 Å². The van der Waals surface area contributed by atoms with Crippen LogP contribution in [0.5, 0.6) is 5.75 Å². The van der Waals surface area contributed by atoms with E-state index in [-0.39, 0.29) is 5.91 Å². The third kappa shape index (κ3) is 4.31. The van der Waals surface area contributed by atoms with E-state index in [1.54, 1.807) is 31.4 Å². The van der Waals surface area contributed by atoms with Crippen molar-refractivity contribution >= 4 is 16.9 Å². The maximum absolute atomic E-state index is 12.7. The van der Waals surface area contributed by atoms with Gasteiger partial charge < -0.3 is 14.6 Å². The van der Waals surface area contributed by atoms with Crippen molar-refractivity contribution < 1.29 is 9.53 Å². The van der Waals surface area contributed by atoms with Gasteiger partial charge in [0, 0.05) is 12.1 Å². The minimum absolute atomic E-state index is 0.135. The number of hydrogen-bond donors (Lipinski definition) is 1. The molecule has 5 heteroatoms. The summed E-state index contributed by atoms with van der Waals surface area (Å²) in [5.74, 6) is 1.42. The summed E-state index contributed by atoms with van der Waals surface area (Å²) in [5.41, 5.74) is 7.67. The predicted molar refractivity (Wildman–Crippen MR) is 124 cm³/mol. The highest BCUT2D eigenvalue weighted by Gasteiger charge is 2.15. The first-order chi connectivity index (χ1) is 15.0. The molecule has 31 heavy (non-hydrogen) atoms. The molecule has 0 unspecified atom stereocenters. The van der Waals surface area contributed by atoms with Crippen LogP contribution in [0.2, 0.25) is 0 Å². The third-order valence-electron chi connectivity index (χ3n) is 5.65. The molecule has 1 aromatic heterocycles. The average Bonchev–Trinajstić information content (AvgIpc) is 3.12. The summed E-state index contributed by atoms with van der Waals surface area (Å²) in [5, 5.41) is 3.02. The summed E-state index contributed by atoms with van der Waals surface area (Å²) in [6, 6.07) is 19.6. The molecule has 1 N–H and O–H groups in total. The van der Waals surface area contributed by atoms with Crippen LogP contribution in [0.4, 0.5) is 0 Å². The van der Waals surface area contributed by atoms with E-state index >= 15 is 0 Å². The Kier molecular flexibility index (Phi) is 5.76. The maximum atomic E-state index is 12.7. The van der Waals surface area contributed by atoms with E-state index in [0.717, 1.165) is 22.6 Å². The first-order valence-electron chi connectivity index (χ1n) is 10.4. The van der Waals surface area contributed by atoms with Crippen LogP contribution < -0.4 is 10.1 Å². The molecule has 4 aromatic rings. The molecule has 0 saturated heterocycles. The second-order valence-electron chi connectivity index (χ2n) is 7.89. The summed E-state index contributed by atoms with van der Waals surface area (Å²) in [6.07, 6.45) is 0. The minimum atomic E-state index is -0.135. The maximum Gasteiger partial charge on any atom is 0.251 e. The Morgan fingerprint density at radius 2 is 1.68 bits per heavy atom. The van der Waals surface area contributed by atoms with Crippen LogP contribution >= 0.6 is 0 Å². The predicted octanol–water partition coefficient (Wildman–Crippen LogP) is 4.95. The lowest BCUT2D eigenvalue weighted by Crippen LogP contribution is -2.25. The number of carbonyl (C=O) groups excluding carboxylic acids is 1. The van der Waals surface area contributed by atoms with Gasteiger partial charge in [0.25, 0.3) is 5.91 Å². The molecule has 0 atom stereocenters. The van der Waals surface area contributed by atoms with Crippen LogP contribution in [-0.2, 0) is 13.1 Å². The number of benzene rings is 3. The SMILES string of the molecule is COc1ccc(C(=O)NCc2nc3ccccc3n2Cc2c(C)cc(C)cc2C)cc1. The Morgan fingerprint density at radius 3 is 2.35 bits per heavy atom. The molecule has 5 nitrogen and oxygen atoms in total. The summed E-state index contributed by atoms with van der Waals surface area (Å²) in [4.78, 5) is 17.5. The van der Waals surface area contributed by atoms with E-state index < -0.39 is 0 Å². The number of aryl methyl sites for hydroxylation is 3. The number of hydrogen-bond acceptors (Lipinski definition) is 3. The Bertz CT molecular complexity index is 1220. The van der Waals surface area contributed by atoms with Gasteiger partial charge in [-0.15, -0.1) is 0 Å². The molecule has 0 spiro atoms. The van der Waals surface area contributed by atoms with Gasteiger partial charge in [0.05, 0.1) is 24.7 Å². The number of para-hydroxylation sites is 2. The lowest BCUT2D eigenvalue weighted by Gasteiger charge is -2.15. The quantitative estimate of drug-likeness (QED) is 0.487. The lowest BCUT2D eigenvalue weighted by molar-refractivity contribution is 0.0949. The van der Waals surface area contributed by atoms with Gasteiger partial charge in [0.15, 0.2) is 0 Å². The number of amides is 1. The van der Waals surface area contributed by atoms with Crippen molar-refractivity contribution in [1.29, 1.82) is 0 Å². The van der Waals surface area contributed by atoms with E-state index in [4.69, 9.17) is 9.72 Å². The van der Waals surface area contributed by atoms with Crippen molar-refractivity contribution in [3.8, 4) is 5.75 Å². The molecular formula is C26H27N3O2. The molecule has 0 saturated carbocycles. The van der Waals surface area contributed by atoms with Crippen molar-refractivity contribution in [2.75, 3.05) is 7.11 Å². The summed E-state index contributed by atoms with van der Waals surface area (Å²) in [6.45, 7) is 7.49. The minimum Gasteiger partial charge on any atom is -0.497 e. The monoisotopic (exact) mass is 413 g/mol. The van der Waals surface area contributed by atoms with Crippen molar-refractivity contribution in [3.63, 3.8) is 0 Å². The highest BCUT2D eigenvalue weighted by Crippen LogP contribution is 2.23. The fraction of sp³-hybridized carbons (Fsp3) is 0.231. The first-order valence-corrected chi connectivity index (χ1v) is 10.4. The van der Waals surface area contributed by atoms with Crippen LogP contribution in [0.15, 0.2) is 60.7 Å². The Hall–Kier alpha value is -3.60. The Labute approximate surface area is 182 Å². The molecule has 1 heterocycles. The second kappa shape index (κ2) is 8.64. The Morgan fingerprint density at radius 1 is 1.00 bits per heavy atom. The number of fused-ring (bicyclic) bond motifs is 1. The van der Waals surface area contributed by atoms with E-state index in [1.165, 1.54) is 22.3 Å². The van der Waals surface area contributed by atoms with Crippen molar-refractivity contribution in [1.82, 2.24) is 14.9 Å². The van der Waals surface area contributed by atoms with Gasteiger partial charge in [-0.2, -0.15) is 0 Å². The van der Waals surface area contributed by atoms with Gasteiger partial charge >= 0.3 is 0 Å². The summed E-state index contributed by atoms with van der Waals surface area (Å²) in [7, 11) is 1.61. The fourth-order valence-electron chi connectivity index (χ4n) is 4.06.